The van der Waals surface area contributed by atoms with Crippen molar-refractivity contribution in [1.82, 2.24) is 25.2 Å². The van der Waals surface area contributed by atoms with E-state index in [4.69, 9.17) is 0 Å². The number of hydrogen-bond donors (Lipinski definition) is 2. The van der Waals surface area contributed by atoms with Crippen LogP contribution in [0.25, 0.3) is 5.65 Å². The van der Waals surface area contributed by atoms with Crippen LogP contribution in [-0.4, -0.2) is 33.1 Å². The molecule has 0 radical (unpaired) electrons. The smallest absolute Gasteiger partial charge is 0.321 e. The van der Waals surface area contributed by atoms with E-state index in [0.717, 1.165) is 36.0 Å². The molecule has 2 aliphatic carbocycles. The summed E-state index contributed by atoms with van der Waals surface area (Å²) >= 11 is 0. The highest BCUT2D eigenvalue weighted by Gasteiger charge is 2.42. The summed E-state index contributed by atoms with van der Waals surface area (Å²) in [5, 5.41) is 19.0. The Bertz CT molecular complexity index is 1280. The van der Waals surface area contributed by atoms with E-state index in [0.29, 0.717) is 17.5 Å². The first-order valence-electron chi connectivity index (χ1n) is 10.6. The molecule has 1 aliphatic heterocycles. The molecule has 154 valence electrons. The van der Waals surface area contributed by atoms with Gasteiger partial charge in [-0.25, -0.2) is 14.3 Å². The average Bonchev–Trinajstić information content (AvgIpc) is 3.69. The molecule has 0 spiro atoms. The Labute approximate surface area is 178 Å². The number of hydrogen-bond acceptors (Lipinski definition) is 5. The van der Waals surface area contributed by atoms with Crippen LogP contribution in [0.2, 0.25) is 0 Å². The van der Waals surface area contributed by atoms with E-state index in [2.05, 4.69) is 38.9 Å². The molecule has 31 heavy (non-hydrogen) atoms. The third-order valence-corrected chi connectivity index (χ3v) is 6.61. The molecule has 3 amide bonds. The zero-order valence-electron chi connectivity index (χ0n) is 16.7. The topological polar surface area (TPSA) is 112 Å². The Morgan fingerprint density at radius 1 is 1.13 bits per heavy atom. The van der Waals surface area contributed by atoms with E-state index >= 15 is 0 Å². The molecule has 2 aromatic heterocycles. The molecule has 3 heterocycles. The zero-order valence-corrected chi connectivity index (χ0v) is 16.7. The average molecular weight is 412 g/mol. The second kappa shape index (κ2) is 6.64. The number of benzene rings is 1. The molecule has 2 saturated carbocycles. The maximum absolute atomic E-state index is 12.4. The van der Waals surface area contributed by atoms with Crippen molar-refractivity contribution in [3.05, 3.63) is 64.6 Å². The summed E-state index contributed by atoms with van der Waals surface area (Å²) in [6, 6.07) is 10.1. The Morgan fingerprint density at radius 3 is 2.77 bits per heavy atom. The third-order valence-electron chi connectivity index (χ3n) is 6.61. The van der Waals surface area contributed by atoms with Gasteiger partial charge in [0.25, 0.3) is 0 Å². The largest absolute Gasteiger partial charge is 0.337 e. The van der Waals surface area contributed by atoms with Gasteiger partial charge in [0.2, 0.25) is 5.91 Å². The molecule has 0 bridgehead atoms. The van der Waals surface area contributed by atoms with E-state index < -0.39 is 11.9 Å². The molecule has 1 aromatic carbocycles. The second-order valence-corrected chi connectivity index (χ2v) is 8.65. The summed E-state index contributed by atoms with van der Waals surface area (Å²) in [5.74, 6) is 0.305. The Balaban J connectivity index is 1.35. The summed E-state index contributed by atoms with van der Waals surface area (Å²) < 4.78 is 1.72. The van der Waals surface area contributed by atoms with Gasteiger partial charge in [0, 0.05) is 24.5 Å². The van der Waals surface area contributed by atoms with Crippen molar-refractivity contribution in [2.24, 2.45) is 0 Å². The van der Waals surface area contributed by atoms with Gasteiger partial charge in [-0.3, -0.25) is 10.1 Å². The Hall–Kier alpha value is -3.73. The van der Waals surface area contributed by atoms with Crippen LogP contribution in [0.5, 0.6) is 0 Å². The van der Waals surface area contributed by atoms with Crippen molar-refractivity contribution in [1.29, 1.82) is 5.26 Å². The molecule has 1 unspecified atom stereocenters. The number of rotatable bonds is 4. The number of nitrogens with one attached hydrogen (secondary N) is 2. The van der Waals surface area contributed by atoms with Gasteiger partial charge in [-0.15, -0.1) is 0 Å². The van der Waals surface area contributed by atoms with Gasteiger partial charge in [0.05, 0.1) is 23.2 Å². The van der Waals surface area contributed by atoms with Gasteiger partial charge in [-0.1, -0.05) is 12.1 Å². The van der Waals surface area contributed by atoms with Crippen LogP contribution in [0.1, 0.15) is 70.9 Å². The van der Waals surface area contributed by atoms with Crippen molar-refractivity contribution >= 4 is 17.6 Å². The van der Waals surface area contributed by atoms with Crippen LogP contribution in [0.4, 0.5) is 4.79 Å². The van der Waals surface area contributed by atoms with Crippen LogP contribution in [0.15, 0.2) is 36.7 Å². The molecule has 3 aromatic rings. The van der Waals surface area contributed by atoms with Gasteiger partial charge in [-0.05, 0) is 60.3 Å². The minimum Gasteiger partial charge on any atom is -0.337 e. The van der Waals surface area contributed by atoms with Crippen molar-refractivity contribution in [3.8, 4) is 6.07 Å². The van der Waals surface area contributed by atoms with E-state index in [9.17, 15) is 14.9 Å². The van der Waals surface area contributed by atoms with Crippen molar-refractivity contribution in [3.63, 3.8) is 0 Å². The van der Waals surface area contributed by atoms with Gasteiger partial charge in [0.1, 0.15) is 0 Å². The Kier molecular flexibility index (Phi) is 3.87. The fourth-order valence-corrected chi connectivity index (χ4v) is 4.73. The fourth-order valence-electron chi connectivity index (χ4n) is 4.73. The lowest BCUT2D eigenvalue weighted by Crippen LogP contribution is -2.51. The lowest BCUT2D eigenvalue weighted by atomic mass is 9.96. The van der Waals surface area contributed by atoms with Crippen molar-refractivity contribution < 1.29 is 9.59 Å². The number of carbonyl (C=O) groups excluding carboxylic acids is 2. The molecule has 3 atom stereocenters. The number of carbonyl (C=O) groups is 2. The molecule has 8 nitrogen and oxygen atoms in total. The molecule has 6 rings (SSSR count). The lowest BCUT2D eigenvalue weighted by Gasteiger charge is -2.22. The minimum absolute atomic E-state index is 0.228. The van der Waals surface area contributed by atoms with E-state index in [1.54, 1.807) is 16.9 Å². The zero-order chi connectivity index (χ0) is 21.1. The SMILES string of the molecule is N#Cc1ccc([C@H]2C[C@@H]2c2cc(C3CNC(=O)NC3=O)nn3ccnc23)cc1C1CC1. The third kappa shape index (κ3) is 3.05. The molecule has 8 heteroatoms. The molecular formula is C23H20N6O2. The number of fused-ring (bicyclic) bond motifs is 1. The number of imide groups is 1. The van der Waals surface area contributed by atoms with Crippen LogP contribution in [0.3, 0.4) is 0 Å². The summed E-state index contributed by atoms with van der Waals surface area (Å²) in [4.78, 5) is 28.3. The normalized spacial score (nSPS) is 25.1. The summed E-state index contributed by atoms with van der Waals surface area (Å²) in [6.07, 6.45) is 6.81. The molecule has 3 aliphatic rings. The summed E-state index contributed by atoms with van der Waals surface area (Å²) in [6.45, 7) is 0.228. The summed E-state index contributed by atoms with van der Waals surface area (Å²) in [5.41, 5.74) is 5.73. The predicted molar refractivity (Wildman–Crippen MR) is 111 cm³/mol. The van der Waals surface area contributed by atoms with E-state index in [-0.39, 0.29) is 18.4 Å². The molecule has 1 saturated heterocycles. The first kappa shape index (κ1) is 18.1. The van der Waals surface area contributed by atoms with Crippen LogP contribution < -0.4 is 10.6 Å². The highest BCUT2D eigenvalue weighted by Crippen LogP contribution is 2.56. The van der Waals surface area contributed by atoms with Gasteiger partial charge in [0.15, 0.2) is 5.65 Å². The van der Waals surface area contributed by atoms with Gasteiger partial charge < -0.3 is 5.32 Å². The highest BCUT2D eigenvalue weighted by molar-refractivity contribution is 6.00. The van der Waals surface area contributed by atoms with Crippen molar-refractivity contribution in [2.75, 3.05) is 6.54 Å². The first-order valence-corrected chi connectivity index (χ1v) is 10.6. The van der Waals surface area contributed by atoms with E-state index in [1.807, 2.05) is 12.1 Å². The van der Waals surface area contributed by atoms with Crippen LogP contribution in [-0.2, 0) is 4.79 Å². The summed E-state index contributed by atoms with van der Waals surface area (Å²) in [7, 11) is 0. The van der Waals surface area contributed by atoms with Crippen LogP contribution >= 0.6 is 0 Å². The predicted octanol–water partition coefficient (Wildman–Crippen LogP) is 2.67. The van der Waals surface area contributed by atoms with E-state index in [1.165, 1.54) is 11.1 Å². The number of nitriles is 1. The number of urea groups is 1. The second-order valence-electron chi connectivity index (χ2n) is 8.65. The molecule has 2 N–H and O–H groups in total. The molecule has 3 fully saturated rings. The number of imidazole rings is 1. The number of nitrogens with zero attached hydrogens (tertiary/aromatic N) is 4. The monoisotopic (exact) mass is 412 g/mol. The highest BCUT2D eigenvalue weighted by atomic mass is 16.2. The lowest BCUT2D eigenvalue weighted by molar-refractivity contribution is -0.122. The van der Waals surface area contributed by atoms with Crippen molar-refractivity contribution in [2.45, 2.75) is 42.9 Å². The van der Waals surface area contributed by atoms with Crippen LogP contribution in [0, 0.1) is 11.3 Å². The quantitative estimate of drug-likeness (QED) is 0.684. The first-order chi connectivity index (χ1) is 15.1. The number of amides is 3. The fraction of sp³-hybridized carbons (Fsp3) is 0.348. The minimum atomic E-state index is -0.531. The standard InChI is InChI=1S/C23H20N6O2/c24-10-14-4-3-13(7-15(14)12-1-2-12)16-8-17(16)18-9-20(28-29-6-5-25-21(18)29)19-11-26-23(31)27-22(19)30/h3-7,9,12,16-17,19H,1-2,8,11H2,(H2,26,27,30,31)/t16-,17+,19?/m1/s1. The maximum atomic E-state index is 12.4. The maximum Gasteiger partial charge on any atom is 0.321 e. The van der Waals surface area contributed by atoms with Gasteiger partial charge in [-0.2, -0.15) is 10.4 Å². The molecular weight excluding hydrogens is 392 g/mol. The Morgan fingerprint density at radius 2 is 2.00 bits per heavy atom. The number of aromatic nitrogens is 3. The van der Waals surface area contributed by atoms with Gasteiger partial charge >= 0.3 is 6.03 Å².